The summed E-state index contributed by atoms with van der Waals surface area (Å²) < 4.78 is 46.6. The quantitative estimate of drug-likeness (QED) is 0.263. The van der Waals surface area contributed by atoms with Gasteiger partial charge in [0.25, 0.3) is 0 Å². The van der Waals surface area contributed by atoms with Crippen LogP contribution < -0.4 is 15.4 Å². The zero-order chi connectivity index (χ0) is 26.6. The van der Waals surface area contributed by atoms with Gasteiger partial charge in [0.2, 0.25) is 0 Å². The van der Waals surface area contributed by atoms with E-state index in [2.05, 4.69) is 46.9 Å². The summed E-state index contributed by atoms with van der Waals surface area (Å²) in [5.74, 6) is 0.845. The Labute approximate surface area is 216 Å². The van der Waals surface area contributed by atoms with Gasteiger partial charge in [-0.2, -0.15) is 13.2 Å². The van der Waals surface area contributed by atoms with Crippen LogP contribution in [0.1, 0.15) is 36.6 Å². The summed E-state index contributed by atoms with van der Waals surface area (Å²) >= 11 is 5.62. The monoisotopic (exact) mass is 529 g/mol. The maximum Gasteiger partial charge on any atom is 0.417 e. The molecule has 11 heteroatoms. The van der Waals surface area contributed by atoms with Gasteiger partial charge in [0.1, 0.15) is 18.1 Å². The Kier molecular flexibility index (Phi) is 7.68. The SMILES string of the molecule is CC(C)c1cccc(-n2cc(COc3cccc(NC(=O)Nc4ccc(Cl)c(C(F)(F)F)c4)c3)nn2)c1. The van der Waals surface area contributed by atoms with Gasteiger partial charge in [-0.25, -0.2) is 9.48 Å². The molecule has 0 unspecified atom stereocenters. The van der Waals surface area contributed by atoms with Gasteiger partial charge in [-0.05, 0) is 53.9 Å². The Morgan fingerprint density at radius 3 is 2.49 bits per heavy atom. The largest absolute Gasteiger partial charge is 0.487 e. The molecule has 2 amide bonds. The maximum absolute atomic E-state index is 13.0. The zero-order valence-electron chi connectivity index (χ0n) is 19.9. The molecule has 4 rings (SSSR count). The van der Waals surface area contributed by atoms with Crippen molar-refractivity contribution in [2.75, 3.05) is 10.6 Å². The van der Waals surface area contributed by atoms with Gasteiger partial charge < -0.3 is 15.4 Å². The Bertz CT molecular complexity index is 1400. The van der Waals surface area contributed by atoms with Crippen molar-refractivity contribution in [3.05, 3.63) is 94.8 Å². The summed E-state index contributed by atoms with van der Waals surface area (Å²) in [6.07, 6.45) is -2.86. The van der Waals surface area contributed by atoms with E-state index in [1.807, 2.05) is 12.1 Å². The van der Waals surface area contributed by atoms with Gasteiger partial charge >= 0.3 is 12.2 Å². The second-order valence-electron chi connectivity index (χ2n) is 8.49. The molecule has 7 nitrogen and oxygen atoms in total. The number of urea groups is 1. The van der Waals surface area contributed by atoms with E-state index >= 15 is 0 Å². The van der Waals surface area contributed by atoms with E-state index < -0.39 is 22.8 Å². The van der Waals surface area contributed by atoms with Crippen molar-refractivity contribution in [1.82, 2.24) is 15.0 Å². The number of amides is 2. The van der Waals surface area contributed by atoms with Gasteiger partial charge in [-0.1, -0.05) is 48.9 Å². The van der Waals surface area contributed by atoms with Crippen molar-refractivity contribution in [3.8, 4) is 11.4 Å². The fraction of sp³-hybridized carbons (Fsp3) is 0.192. The summed E-state index contributed by atoms with van der Waals surface area (Å²) in [5.41, 5.74) is 1.99. The molecule has 192 valence electrons. The van der Waals surface area contributed by atoms with Crippen LogP contribution in [0, 0.1) is 0 Å². The molecule has 37 heavy (non-hydrogen) atoms. The number of nitrogens with zero attached hydrogens (tertiary/aromatic N) is 3. The lowest BCUT2D eigenvalue weighted by Gasteiger charge is -2.13. The summed E-state index contributed by atoms with van der Waals surface area (Å²) in [6, 6.07) is 17.0. The number of anilines is 2. The molecule has 0 aliphatic carbocycles. The second kappa shape index (κ2) is 10.9. The Balaban J connectivity index is 1.36. The first kappa shape index (κ1) is 26.0. The van der Waals surface area contributed by atoms with E-state index in [9.17, 15) is 18.0 Å². The highest BCUT2D eigenvalue weighted by Crippen LogP contribution is 2.36. The Hall–Kier alpha value is -4.05. The molecule has 1 aromatic heterocycles. The highest BCUT2D eigenvalue weighted by Gasteiger charge is 2.33. The third-order valence-electron chi connectivity index (χ3n) is 5.35. The van der Waals surface area contributed by atoms with Gasteiger partial charge in [0.05, 0.1) is 22.5 Å². The number of carbonyl (C=O) groups is 1. The number of nitrogens with one attached hydrogen (secondary N) is 2. The van der Waals surface area contributed by atoms with Crippen LogP contribution in [0.5, 0.6) is 5.75 Å². The van der Waals surface area contributed by atoms with Crippen LogP contribution >= 0.6 is 11.6 Å². The summed E-state index contributed by atoms with van der Waals surface area (Å²) in [6.45, 7) is 4.38. The van der Waals surface area contributed by atoms with Crippen LogP contribution in [0.25, 0.3) is 5.69 Å². The van der Waals surface area contributed by atoms with Crippen LogP contribution in [0.2, 0.25) is 5.02 Å². The Morgan fingerprint density at radius 1 is 1.03 bits per heavy atom. The molecule has 2 N–H and O–H groups in total. The molecular weight excluding hydrogens is 507 g/mol. The summed E-state index contributed by atoms with van der Waals surface area (Å²) in [4.78, 5) is 12.3. The van der Waals surface area contributed by atoms with E-state index in [4.69, 9.17) is 16.3 Å². The number of hydrogen-bond donors (Lipinski definition) is 2. The predicted octanol–water partition coefficient (Wildman–Crippen LogP) is 7.29. The maximum atomic E-state index is 13.0. The number of ether oxygens (including phenoxy) is 1. The number of halogens is 4. The first-order valence-electron chi connectivity index (χ1n) is 11.3. The molecular formula is C26H23ClF3N5O2. The van der Waals surface area contributed by atoms with Crippen LogP contribution in [0.15, 0.2) is 72.9 Å². The molecule has 0 saturated heterocycles. The number of alkyl halides is 3. The van der Waals surface area contributed by atoms with Crippen molar-refractivity contribution in [1.29, 1.82) is 0 Å². The predicted molar refractivity (Wildman–Crippen MR) is 135 cm³/mol. The smallest absolute Gasteiger partial charge is 0.417 e. The molecule has 0 radical (unpaired) electrons. The number of rotatable bonds is 7. The molecule has 4 aromatic rings. The van der Waals surface area contributed by atoms with Gasteiger partial charge in [0.15, 0.2) is 0 Å². The molecule has 0 atom stereocenters. The first-order chi connectivity index (χ1) is 17.6. The summed E-state index contributed by atoms with van der Waals surface area (Å²) in [7, 11) is 0. The van der Waals surface area contributed by atoms with Crippen molar-refractivity contribution in [3.63, 3.8) is 0 Å². The van der Waals surface area contributed by atoms with E-state index in [0.717, 1.165) is 17.8 Å². The average Bonchev–Trinajstić information content (AvgIpc) is 3.33. The van der Waals surface area contributed by atoms with Gasteiger partial charge in [-0.3, -0.25) is 0 Å². The Morgan fingerprint density at radius 2 is 1.76 bits per heavy atom. The van der Waals surface area contributed by atoms with Gasteiger partial charge in [-0.15, -0.1) is 5.10 Å². The zero-order valence-corrected chi connectivity index (χ0v) is 20.6. The summed E-state index contributed by atoms with van der Waals surface area (Å²) in [5, 5.41) is 12.8. The lowest BCUT2D eigenvalue weighted by molar-refractivity contribution is -0.137. The molecule has 1 heterocycles. The molecule has 3 aromatic carbocycles. The lowest BCUT2D eigenvalue weighted by atomic mass is 10.0. The second-order valence-corrected chi connectivity index (χ2v) is 8.90. The fourth-order valence-corrected chi connectivity index (χ4v) is 3.68. The minimum atomic E-state index is -4.64. The normalized spacial score (nSPS) is 11.4. The minimum absolute atomic E-state index is 0.0522. The van der Waals surface area contributed by atoms with Crippen molar-refractivity contribution >= 4 is 29.0 Å². The minimum Gasteiger partial charge on any atom is -0.487 e. The van der Waals surface area contributed by atoms with Crippen LogP contribution in [0.3, 0.4) is 0 Å². The number of carbonyl (C=O) groups excluding carboxylic acids is 1. The highest BCUT2D eigenvalue weighted by molar-refractivity contribution is 6.31. The molecule has 0 aliphatic heterocycles. The standard InChI is InChI=1S/C26H23ClF3N5O2/c1-16(2)17-5-3-7-21(11-17)35-14-20(33-34-35)15-37-22-8-4-6-18(12-22)31-25(36)32-19-9-10-24(27)23(13-19)26(28,29)30/h3-14,16H,15H2,1-2H3,(H2,31,32,36). The first-order valence-corrected chi connectivity index (χ1v) is 11.7. The van der Waals surface area contributed by atoms with Crippen molar-refractivity contribution < 1.29 is 22.7 Å². The average molecular weight is 530 g/mol. The van der Waals surface area contributed by atoms with E-state index in [0.29, 0.717) is 23.0 Å². The number of hydrogen-bond acceptors (Lipinski definition) is 4. The van der Waals surface area contributed by atoms with Crippen molar-refractivity contribution in [2.24, 2.45) is 0 Å². The topological polar surface area (TPSA) is 81.1 Å². The molecule has 0 fully saturated rings. The van der Waals surface area contributed by atoms with Crippen LogP contribution in [-0.2, 0) is 12.8 Å². The number of benzene rings is 3. The number of aromatic nitrogens is 3. The van der Waals surface area contributed by atoms with Crippen molar-refractivity contribution in [2.45, 2.75) is 32.5 Å². The molecule has 0 saturated carbocycles. The lowest BCUT2D eigenvalue weighted by Crippen LogP contribution is -2.20. The fourth-order valence-electron chi connectivity index (χ4n) is 3.45. The van der Waals surface area contributed by atoms with E-state index in [1.165, 1.54) is 11.6 Å². The highest BCUT2D eigenvalue weighted by atomic mass is 35.5. The van der Waals surface area contributed by atoms with Gasteiger partial charge in [0, 0.05) is 17.4 Å². The third kappa shape index (κ3) is 6.79. The molecule has 0 spiro atoms. The third-order valence-corrected chi connectivity index (χ3v) is 5.68. The molecule has 0 aliphatic rings. The van der Waals surface area contributed by atoms with E-state index in [-0.39, 0.29) is 12.3 Å². The van der Waals surface area contributed by atoms with Crippen LogP contribution in [-0.4, -0.2) is 21.0 Å². The molecule has 0 bridgehead atoms. The van der Waals surface area contributed by atoms with Crippen LogP contribution in [0.4, 0.5) is 29.3 Å². The van der Waals surface area contributed by atoms with E-state index in [1.54, 1.807) is 35.1 Å².